The second kappa shape index (κ2) is 5.22. The van der Waals surface area contributed by atoms with E-state index in [4.69, 9.17) is 0 Å². The Hall–Kier alpha value is 0.259. The van der Waals surface area contributed by atoms with Crippen LogP contribution in [0.15, 0.2) is 0 Å². The first kappa shape index (κ1) is 11.3. The van der Waals surface area contributed by atoms with Crippen molar-refractivity contribution in [3.05, 3.63) is 0 Å². The van der Waals surface area contributed by atoms with Crippen LogP contribution in [-0.2, 0) is 34.3 Å². The Balaban J connectivity index is 2.55. The summed E-state index contributed by atoms with van der Waals surface area (Å²) < 4.78 is 31.4. The number of hydrogen-bond donors (Lipinski definition) is 0. The molecule has 1 fully saturated rings. The fourth-order valence-corrected chi connectivity index (χ4v) is 2.25. The van der Waals surface area contributed by atoms with Gasteiger partial charge in [-0.15, -0.1) is 0 Å². The molecule has 0 amide bonds. The summed E-state index contributed by atoms with van der Waals surface area (Å²) in [5, 5.41) is 0. The van der Waals surface area contributed by atoms with E-state index in [0.29, 0.717) is 6.42 Å². The molecule has 0 spiro atoms. The van der Waals surface area contributed by atoms with Crippen LogP contribution in [0.1, 0.15) is 32.1 Å². The van der Waals surface area contributed by atoms with Crippen molar-refractivity contribution in [2.45, 2.75) is 32.1 Å². The van der Waals surface area contributed by atoms with E-state index in [9.17, 15) is 8.42 Å². The van der Waals surface area contributed by atoms with Gasteiger partial charge in [0.1, 0.15) is 0 Å². The molecule has 4 nitrogen and oxygen atoms in total. The summed E-state index contributed by atoms with van der Waals surface area (Å²) in [5.41, 5.74) is 0. The van der Waals surface area contributed by atoms with Crippen molar-refractivity contribution in [1.29, 1.82) is 0 Å². The van der Waals surface area contributed by atoms with Crippen molar-refractivity contribution in [2.75, 3.05) is 6.61 Å². The molecule has 1 aliphatic heterocycles. The van der Waals surface area contributed by atoms with E-state index in [1.165, 1.54) is 0 Å². The van der Waals surface area contributed by atoms with Crippen LogP contribution in [0.2, 0.25) is 0 Å². The molecule has 1 rings (SSSR count). The zero-order chi connectivity index (χ0) is 9.73. The topological polar surface area (TPSA) is 52.6 Å². The Bertz CT molecular complexity index is 272. The molecule has 0 aromatic carbocycles. The van der Waals surface area contributed by atoms with E-state index in [0.717, 1.165) is 25.7 Å². The van der Waals surface area contributed by atoms with Crippen molar-refractivity contribution < 1.29 is 32.4 Å². The van der Waals surface area contributed by atoms with Crippen molar-refractivity contribution in [3.63, 3.8) is 0 Å². The van der Waals surface area contributed by atoms with Gasteiger partial charge in [-0.3, -0.25) is 0 Å². The SMILES string of the molecule is O=S1(=O)OCCCCCC[C](=[Fe])O1. The van der Waals surface area contributed by atoms with Crippen molar-refractivity contribution in [1.82, 2.24) is 0 Å². The quantitative estimate of drug-likeness (QED) is 0.598. The molecule has 0 saturated carbocycles. The van der Waals surface area contributed by atoms with Gasteiger partial charge < -0.3 is 0 Å². The Labute approximate surface area is 86.3 Å². The van der Waals surface area contributed by atoms with E-state index < -0.39 is 10.4 Å². The van der Waals surface area contributed by atoms with Crippen molar-refractivity contribution in [3.8, 4) is 0 Å². The van der Waals surface area contributed by atoms with E-state index in [-0.39, 0.29) is 11.2 Å². The molecule has 0 aliphatic carbocycles. The van der Waals surface area contributed by atoms with Crippen LogP contribution < -0.4 is 0 Å². The molecule has 0 aromatic rings. The molecular formula is C7H12FeO4S. The molecule has 13 heavy (non-hydrogen) atoms. The molecule has 0 unspecified atom stereocenters. The van der Waals surface area contributed by atoms with Gasteiger partial charge in [-0.25, -0.2) is 0 Å². The van der Waals surface area contributed by atoms with Crippen molar-refractivity contribution in [2.24, 2.45) is 0 Å². The van der Waals surface area contributed by atoms with Gasteiger partial charge in [-0.05, 0) is 0 Å². The fraction of sp³-hybridized carbons (Fsp3) is 0.857. The molecule has 0 atom stereocenters. The minimum absolute atomic E-state index is 0.204. The van der Waals surface area contributed by atoms with Gasteiger partial charge in [0.25, 0.3) is 0 Å². The van der Waals surface area contributed by atoms with Gasteiger partial charge >= 0.3 is 86.1 Å². The molecule has 0 N–H and O–H groups in total. The van der Waals surface area contributed by atoms with Gasteiger partial charge in [-0.1, -0.05) is 0 Å². The molecule has 0 aromatic heterocycles. The van der Waals surface area contributed by atoms with Gasteiger partial charge in [0.05, 0.1) is 0 Å². The van der Waals surface area contributed by atoms with Crippen LogP contribution in [0.4, 0.5) is 0 Å². The predicted molar refractivity (Wildman–Crippen MR) is 44.0 cm³/mol. The molecule has 1 aliphatic rings. The Kier molecular flexibility index (Phi) is 4.55. The molecule has 0 radical (unpaired) electrons. The third kappa shape index (κ3) is 4.88. The van der Waals surface area contributed by atoms with Crippen LogP contribution in [0, 0.1) is 0 Å². The first-order chi connectivity index (χ1) is 6.10. The fourth-order valence-electron chi connectivity index (χ4n) is 1.05. The maximum absolute atomic E-state index is 11.0. The average Bonchev–Trinajstić information content (AvgIpc) is 2.01. The third-order valence-electron chi connectivity index (χ3n) is 1.68. The van der Waals surface area contributed by atoms with Crippen molar-refractivity contribution >= 4 is 15.0 Å². The van der Waals surface area contributed by atoms with Crippen LogP contribution in [-0.4, -0.2) is 19.6 Å². The molecular weight excluding hydrogens is 236 g/mol. The van der Waals surface area contributed by atoms with Crippen LogP contribution in [0.3, 0.4) is 0 Å². The monoisotopic (exact) mass is 248 g/mol. The number of hydrogen-bond acceptors (Lipinski definition) is 4. The van der Waals surface area contributed by atoms with Gasteiger partial charge in [0.15, 0.2) is 0 Å². The summed E-state index contributed by atoms with van der Waals surface area (Å²) in [6.07, 6.45) is 4.32. The van der Waals surface area contributed by atoms with E-state index >= 15 is 0 Å². The summed E-state index contributed by atoms with van der Waals surface area (Å²) in [5.74, 6) is 0. The summed E-state index contributed by atoms with van der Waals surface area (Å²) in [7, 11) is -3.83. The van der Waals surface area contributed by atoms with E-state index in [1.807, 2.05) is 0 Å². The molecule has 0 bridgehead atoms. The summed E-state index contributed by atoms with van der Waals surface area (Å²) in [6, 6.07) is 0. The first-order valence-electron chi connectivity index (χ1n) is 4.19. The molecule has 78 valence electrons. The summed E-state index contributed by atoms with van der Waals surface area (Å²) in [6.45, 7) is 0.204. The van der Waals surface area contributed by atoms with Crippen LogP contribution in [0.5, 0.6) is 0 Å². The third-order valence-corrected chi connectivity index (χ3v) is 3.07. The Morgan fingerprint density at radius 1 is 1.15 bits per heavy atom. The average molecular weight is 248 g/mol. The van der Waals surface area contributed by atoms with Gasteiger partial charge in [-0.2, -0.15) is 0 Å². The first-order valence-corrected chi connectivity index (χ1v) is 6.08. The molecule has 1 heterocycles. The zero-order valence-electron chi connectivity index (χ0n) is 7.14. The normalized spacial score (nSPS) is 25.5. The van der Waals surface area contributed by atoms with Crippen LogP contribution >= 0.6 is 0 Å². The Morgan fingerprint density at radius 3 is 2.62 bits per heavy atom. The molecule has 1 saturated heterocycles. The van der Waals surface area contributed by atoms with E-state index in [2.05, 4.69) is 23.9 Å². The van der Waals surface area contributed by atoms with Gasteiger partial charge in [0, 0.05) is 0 Å². The summed E-state index contributed by atoms with van der Waals surface area (Å²) in [4.78, 5) is 0. The number of rotatable bonds is 0. The Morgan fingerprint density at radius 2 is 1.85 bits per heavy atom. The van der Waals surface area contributed by atoms with Crippen LogP contribution in [0.25, 0.3) is 0 Å². The van der Waals surface area contributed by atoms with E-state index in [1.54, 1.807) is 0 Å². The molecule has 6 heteroatoms. The maximum atomic E-state index is 11.0. The summed E-state index contributed by atoms with van der Waals surface area (Å²) >= 11 is 3.50. The zero-order valence-corrected chi connectivity index (χ0v) is 9.06. The van der Waals surface area contributed by atoms with Gasteiger partial charge in [0.2, 0.25) is 0 Å². The minimum atomic E-state index is -3.83. The predicted octanol–water partition coefficient (Wildman–Crippen LogP) is 0.905. The standard InChI is InChI=1S/C7H12O4S.Fe/c8-12(9)10-6-4-2-1-3-5-7-11-12;/h1-6H2;. The second-order valence-corrected chi connectivity index (χ2v) is 4.65. The second-order valence-electron chi connectivity index (χ2n) is 2.82.